The van der Waals surface area contributed by atoms with Gasteiger partial charge >= 0.3 is 0 Å². The summed E-state index contributed by atoms with van der Waals surface area (Å²) in [5.74, 6) is 1.54. The zero-order valence-corrected chi connectivity index (χ0v) is 17.0. The van der Waals surface area contributed by atoms with Gasteiger partial charge in [-0.15, -0.1) is 11.3 Å². The minimum absolute atomic E-state index is 0.0671. The second-order valence-electron chi connectivity index (χ2n) is 7.33. The average Bonchev–Trinajstić information content (AvgIpc) is 3.10. The lowest BCUT2D eigenvalue weighted by Crippen LogP contribution is -2.27. The molecular formula is C20H22N2O3S2. The molecule has 142 valence electrons. The van der Waals surface area contributed by atoms with Crippen molar-refractivity contribution in [3.8, 4) is 10.6 Å². The Labute approximate surface area is 163 Å². The summed E-state index contributed by atoms with van der Waals surface area (Å²) in [5, 5.41) is 4.06. The number of thiophene rings is 1. The fourth-order valence-electron chi connectivity index (χ4n) is 3.35. The van der Waals surface area contributed by atoms with E-state index in [0.29, 0.717) is 9.90 Å². The SMILES string of the molecule is CC(C)c1cc(-c2ccc(S(=O)(=O)N[C@H]3[C@H](C)[C@@H]3c3ccccc3)s2)no1. The van der Waals surface area contributed by atoms with Crippen LogP contribution in [0, 0.1) is 5.92 Å². The van der Waals surface area contributed by atoms with Gasteiger partial charge in [0.05, 0.1) is 4.88 Å². The molecule has 1 aliphatic carbocycles. The van der Waals surface area contributed by atoms with E-state index >= 15 is 0 Å². The van der Waals surface area contributed by atoms with Crippen molar-refractivity contribution in [2.45, 2.75) is 42.9 Å². The van der Waals surface area contributed by atoms with Gasteiger partial charge in [0.1, 0.15) is 15.7 Å². The van der Waals surface area contributed by atoms with E-state index in [4.69, 9.17) is 4.52 Å². The summed E-state index contributed by atoms with van der Waals surface area (Å²) in [6.45, 7) is 6.13. The van der Waals surface area contributed by atoms with Crippen LogP contribution in [0.4, 0.5) is 0 Å². The first-order valence-electron chi connectivity index (χ1n) is 9.01. The molecule has 3 atom stereocenters. The standard InChI is InChI=1S/C20H22N2O3S2/c1-12(2)16-11-15(21-25-16)17-9-10-18(26-17)27(23,24)22-20-13(3)19(20)14-7-5-4-6-8-14/h4-13,19-20,22H,1-3H3/t13-,19-,20+/m1/s1. The van der Waals surface area contributed by atoms with Crippen LogP contribution in [0.1, 0.15) is 43.9 Å². The largest absolute Gasteiger partial charge is 0.360 e. The molecule has 0 spiro atoms. The van der Waals surface area contributed by atoms with Gasteiger partial charge in [-0.05, 0) is 23.6 Å². The molecule has 1 aromatic carbocycles. The third kappa shape index (κ3) is 3.59. The summed E-state index contributed by atoms with van der Waals surface area (Å²) < 4.78 is 34.1. The van der Waals surface area contributed by atoms with Crippen molar-refractivity contribution in [1.29, 1.82) is 0 Å². The highest BCUT2D eigenvalue weighted by molar-refractivity contribution is 7.91. The zero-order valence-electron chi connectivity index (χ0n) is 15.4. The molecule has 0 aliphatic heterocycles. The normalized spacial score (nSPS) is 22.3. The molecule has 2 aromatic heterocycles. The third-order valence-electron chi connectivity index (χ3n) is 5.05. The molecule has 27 heavy (non-hydrogen) atoms. The first-order valence-corrected chi connectivity index (χ1v) is 11.3. The number of benzene rings is 1. The van der Waals surface area contributed by atoms with Crippen molar-refractivity contribution in [3.05, 3.63) is 59.9 Å². The molecule has 2 heterocycles. The first-order chi connectivity index (χ1) is 12.9. The highest BCUT2D eigenvalue weighted by Crippen LogP contribution is 2.48. The van der Waals surface area contributed by atoms with Crippen molar-refractivity contribution in [2.24, 2.45) is 5.92 Å². The maximum absolute atomic E-state index is 12.8. The van der Waals surface area contributed by atoms with Crippen LogP contribution in [0.2, 0.25) is 0 Å². The second-order valence-corrected chi connectivity index (χ2v) is 10.4. The third-order valence-corrected chi connectivity index (χ3v) is 8.11. The summed E-state index contributed by atoms with van der Waals surface area (Å²) in [4.78, 5) is 0.787. The fourth-order valence-corrected chi connectivity index (χ4v) is 5.97. The number of sulfonamides is 1. The number of hydrogen-bond acceptors (Lipinski definition) is 5. The van der Waals surface area contributed by atoms with Crippen LogP contribution in [-0.2, 0) is 10.0 Å². The van der Waals surface area contributed by atoms with E-state index in [1.165, 1.54) is 16.9 Å². The molecule has 0 unspecified atom stereocenters. The van der Waals surface area contributed by atoms with Gasteiger partial charge in [-0.25, -0.2) is 13.1 Å². The lowest BCUT2D eigenvalue weighted by atomic mass is 10.1. The van der Waals surface area contributed by atoms with Crippen molar-refractivity contribution >= 4 is 21.4 Å². The van der Waals surface area contributed by atoms with Gasteiger partial charge in [-0.2, -0.15) is 0 Å². The first kappa shape index (κ1) is 18.4. The predicted octanol–water partition coefficient (Wildman–Crippen LogP) is 4.61. The molecule has 1 saturated carbocycles. The van der Waals surface area contributed by atoms with Crippen LogP contribution in [0.3, 0.4) is 0 Å². The van der Waals surface area contributed by atoms with Crippen LogP contribution in [0.25, 0.3) is 10.6 Å². The highest BCUT2D eigenvalue weighted by atomic mass is 32.2. The van der Waals surface area contributed by atoms with Gasteiger partial charge in [0.2, 0.25) is 10.0 Å². The lowest BCUT2D eigenvalue weighted by molar-refractivity contribution is 0.373. The fraction of sp³-hybridized carbons (Fsp3) is 0.350. The maximum atomic E-state index is 12.8. The molecule has 0 saturated heterocycles. The van der Waals surface area contributed by atoms with E-state index < -0.39 is 10.0 Å². The van der Waals surface area contributed by atoms with Crippen LogP contribution in [0.15, 0.2) is 57.3 Å². The Morgan fingerprint density at radius 2 is 1.89 bits per heavy atom. The molecule has 1 aliphatic rings. The molecule has 7 heteroatoms. The molecule has 0 radical (unpaired) electrons. The molecule has 0 amide bonds. The minimum atomic E-state index is -3.56. The Morgan fingerprint density at radius 1 is 1.15 bits per heavy atom. The summed E-state index contributed by atoms with van der Waals surface area (Å²) in [6.07, 6.45) is 0. The van der Waals surface area contributed by atoms with E-state index in [0.717, 1.165) is 10.6 Å². The van der Waals surface area contributed by atoms with Gasteiger partial charge in [0.15, 0.2) is 0 Å². The average molecular weight is 403 g/mol. The number of hydrogen-bond donors (Lipinski definition) is 1. The van der Waals surface area contributed by atoms with E-state index in [-0.39, 0.29) is 23.8 Å². The van der Waals surface area contributed by atoms with Gasteiger partial charge in [0.25, 0.3) is 0 Å². The summed E-state index contributed by atoms with van der Waals surface area (Å²) in [5.41, 5.74) is 1.85. The van der Waals surface area contributed by atoms with Gasteiger partial charge < -0.3 is 4.52 Å². The van der Waals surface area contributed by atoms with Gasteiger partial charge in [-0.1, -0.05) is 56.3 Å². The van der Waals surface area contributed by atoms with Crippen molar-refractivity contribution in [2.75, 3.05) is 0 Å². The number of nitrogens with zero attached hydrogens (tertiary/aromatic N) is 1. The predicted molar refractivity (Wildman–Crippen MR) is 106 cm³/mol. The Balaban J connectivity index is 1.51. The van der Waals surface area contributed by atoms with Crippen LogP contribution in [-0.4, -0.2) is 19.6 Å². The quantitative estimate of drug-likeness (QED) is 0.654. The van der Waals surface area contributed by atoms with E-state index in [9.17, 15) is 8.42 Å². The molecule has 1 fully saturated rings. The summed E-state index contributed by atoms with van der Waals surface area (Å²) in [7, 11) is -3.56. The van der Waals surface area contributed by atoms with Crippen LogP contribution in [0.5, 0.6) is 0 Å². The lowest BCUT2D eigenvalue weighted by Gasteiger charge is -2.04. The van der Waals surface area contributed by atoms with Crippen molar-refractivity contribution < 1.29 is 12.9 Å². The van der Waals surface area contributed by atoms with E-state index in [1.54, 1.807) is 12.1 Å². The zero-order chi connectivity index (χ0) is 19.2. The van der Waals surface area contributed by atoms with Crippen molar-refractivity contribution in [3.63, 3.8) is 0 Å². The second kappa shape index (κ2) is 6.89. The van der Waals surface area contributed by atoms with E-state index in [2.05, 4.69) is 28.9 Å². The Bertz CT molecular complexity index is 1040. The van der Waals surface area contributed by atoms with E-state index in [1.807, 2.05) is 38.1 Å². The summed E-state index contributed by atoms with van der Waals surface area (Å²) in [6, 6.07) is 15.3. The Kier molecular flexibility index (Phi) is 4.70. The van der Waals surface area contributed by atoms with Crippen LogP contribution < -0.4 is 4.72 Å². The van der Waals surface area contributed by atoms with Crippen molar-refractivity contribution in [1.82, 2.24) is 9.88 Å². The maximum Gasteiger partial charge on any atom is 0.250 e. The molecule has 1 N–H and O–H groups in total. The summed E-state index contributed by atoms with van der Waals surface area (Å²) >= 11 is 1.21. The molecule has 3 aromatic rings. The number of rotatable bonds is 6. The smallest absolute Gasteiger partial charge is 0.250 e. The molecule has 0 bridgehead atoms. The van der Waals surface area contributed by atoms with Gasteiger partial charge in [-0.3, -0.25) is 0 Å². The topological polar surface area (TPSA) is 72.2 Å². The highest BCUT2D eigenvalue weighted by Gasteiger charge is 2.49. The number of aromatic nitrogens is 1. The minimum Gasteiger partial charge on any atom is -0.360 e. The van der Waals surface area contributed by atoms with Gasteiger partial charge in [0, 0.05) is 23.9 Å². The Hall–Kier alpha value is -1.96. The van der Waals surface area contributed by atoms with Crippen LogP contribution >= 0.6 is 11.3 Å². The molecular weight excluding hydrogens is 380 g/mol. The molecule has 4 rings (SSSR count). The monoisotopic (exact) mass is 402 g/mol. The Morgan fingerprint density at radius 3 is 2.56 bits per heavy atom. The molecule has 5 nitrogen and oxygen atoms in total. The number of nitrogens with one attached hydrogen (secondary N) is 1.